The minimum Gasteiger partial charge on any atom is -0.456 e. The minimum atomic E-state index is -4.73. The molecular weight excluding hydrogens is 439 g/mol. The summed E-state index contributed by atoms with van der Waals surface area (Å²) in [7, 11) is 0. The Morgan fingerprint density at radius 1 is 1.00 bits per heavy atom. The number of nitro groups is 1. The van der Waals surface area contributed by atoms with Gasteiger partial charge in [0.05, 0.1) is 16.1 Å². The number of nitrogens with zero attached hydrogens (tertiary/aromatic N) is 1. The number of hydrogen-bond acceptors (Lipinski definition) is 4. The Morgan fingerprint density at radius 3 is 2.34 bits per heavy atom. The van der Waals surface area contributed by atoms with Crippen molar-refractivity contribution >= 4 is 17.3 Å². The van der Waals surface area contributed by atoms with Crippen molar-refractivity contribution in [1.29, 1.82) is 0 Å². The van der Waals surface area contributed by atoms with E-state index >= 15 is 0 Å². The first-order valence-corrected chi connectivity index (χ1v) is 8.86. The molecule has 0 aromatic heterocycles. The molecule has 0 radical (unpaired) electrons. The normalized spacial score (nSPS) is 11.2. The second-order valence-electron chi connectivity index (χ2n) is 6.60. The Morgan fingerprint density at radius 2 is 1.72 bits per heavy atom. The van der Waals surface area contributed by atoms with Gasteiger partial charge in [-0.15, -0.1) is 0 Å². The van der Waals surface area contributed by atoms with Crippen LogP contribution in [-0.2, 0) is 6.18 Å². The number of anilines is 1. The molecule has 0 unspecified atom stereocenters. The number of hydrogen-bond donors (Lipinski definition) is 1. The van der Waals surface area contributed by atoms with E-state index in [0.29, 0.717) is 12.1 Å². The first-order valence-electron chi connectivity index (χ1n) is 8.86. The highest BCUT2D eigenvalue weighted by atomic mass is 19.4. The average molecular weight is 452 g/mol. The molecule has 166 valence electrons. The van der Waals surface area contributed by atoms with Gasteiger partial charge in [0.2, 0.25) is 5.82 Å². The van der Waals surface area contributed by atoms with Crippen LogP contribution in [0, 0.1) is 28.7 Å². The van der Waals surface area contributed by atoms with Crippen LogP contribution in [-0.4, -0.2) is 10.8 Å². The molecule has 0 heterocycles. The molecule has 3 aromatic carbocycles. The molecule has 0 spiro atoms. The Hall–Kier alpha value is -4.02. The molecule has 0 aliphatic rings. The fourth-order valence-corrected chi connectivity index (χ4v) is 2.75. The Kier molecular flexibility index (Phi) is 6.10. The third-order valence-electron chi connectivity index (χ3n) is 4.31. The van der Waals surface area contributed by atoms with Crippen LogP contribution in [0.3, 0.4) is 0 Å². The lowest BCUT2D eigenvalue weighted by atomic mass is 10.1. The van der Waals surface area contributed by atoms with Gasteiger partial charge >= 0.3 is 11.9 Å². The minimum absolute atomic E-state index is 0.0113. The Labute approximate surface area is 177 Å². The van der Waals surface area contributed by atoms with Crippen LogP contribution in [0.25, 0.3) is 0 Å². The van der Waals surface area contributed by atoms with Crippen molar-refractivity contribution in [2.45, 2.75) is 13.1 Å². The van der Waals surface area contributed by atoms with Crippen LogP contribution < -0.4 is 10.1 Å². The molecule has 0 aliphatic carbocycles. The van der Waals surface area contributed by atoms with Crippen LogP contribution in [0.2, 0.25) is 0 Å². The van der Waals surface area contributed by atoms with Crippen molar-refractivity contribution in [2.24, 2.45) is 0 Å². The van der Waals surface area contributed by atoms with E-state index in [2.05, 4.69) is 5.32 Å². The number of halogens is 5. The second kappa shape index (κ2) is 8.61. The first-order chi connectivity index (χ1) is 15.0. The SMILES string of the molecule is Cc1cc(F)ccc1Oc1cc(C(F)(F)F)ccc1C(=O)Nc1ccc(F)c([N+](=O)[O-])c1. The van der Waals surface area contributed by atoms with E-state index in [0.717, 1.165) is 36.4 Å². The highest BCUT2D eigenvalue weighted by Gasteiger charge is 2.32. The maximum absolute atomic E-state index is 13.5. The smallest absolute Gasteiger partial charge is 0.416 e. The summed E-state index contributed by atoms with van der Waals surface area (Å²) in [4.78, 5) is 22.6. The summed E-state index contributed by atoms with van der Waals surface area (Å²) in [5.41, 5.74) is -2.22. The van der Waals surface area contributed by atoms with Crippen LogP contribution in [0.5, 0.6) is 11.5 Å². The quantitative estimate of drug-likeness (QED) is 0.282. The third-order valence-corrected chi connectivity index (χ3v) is 4.31. The molecule has 0 bridgehead atoms. The van der Waals surface area contributed by atoms with Gasteiger partial charge in [-0.05, 0) is 61.0 Å². The van der Waals surface area contributed by atoms with Gasteiger partial charge in [0, 0.05) is 11.8 Å². The molecule has 32 heavy (non-hydrogen) atoms. The van der Waals surface area contributed by atoms with Gasteiger partial charge in [0.1, 0.15) is 17.3 Å². The van der Waals surface area contributed by atoms with E-state index in [4.69, 9.17) is 4.74 Å². The maximum atomic E-state index is 13.5. The summed E-state index contributed by atoms with van der Waals surface area (Å²) in [6.45, 7) is 1.46. The van der Waals surface area contributed by atoms with Crippen molar-refractivity contribution in [3.63, 3.8) is 0 Å². The number of benzene rings is 3. The van der Waals surface area contributed by atoms with Gasteiger partial charge in [0.15, 0.2) is 0 Å². The van der Waals surface area contributed by atoms with Crippen LogP contribution in [0.1, 0.15) is 21.5 Å². The Balaban J connectivity index is 2.00. The molecule has 0 saturated heterocycles. The summed E-state index contributed by atoms with van der Waals surface area (Å²) in [5.74, 6) is -3.15. The zero-order chi connectivity index (χ0) is 23.6. The lowest BCUT2D eigenvalue weighted by Crippen LogP contribution is -2.15. The molecule has 6 nitrogen and oxygen atoms in total. The van der Waals surface area contributed by atoms with E-state index in [9.17, 15) is 36.9 Å². The monoisotopic (exact) mass is 452 g/mol. The van der Waals surface area contributed by atoms with Gasteiger partial charge in [-0.1, -0.05) is 0 Å². The Bertz CT molecular complexity index is 1210. The predicted octanol–water partition coefficient (Wildman–Crippen LogP) is 6.24. The third kappa shape index (κ3) is 4.99. The molecule has 1 amide bonds. The summed E-state index contributed by atoms with van der Waals surface area (Å²) < 4.78 is 71.8. The van der Waals surface area contributed by atoms with Crippen LogP contribution in [0.15, 0.2) is 54.6 Å². The first kappa shape index (κ1) is 22.7. The molecule has 0 fully saturated rings. The van der Waals surface area contributed by atoms with E-state index in [1.807, 2.05) is 0 Å². The van der Waals surface area contributed by atoms with Crippen LogP contribution >= 0.6 is 0 Å². The number of carbonyl (C=O) groups is 1. The van der Waals surface area contributed by atoms with E-state index in [1.165, 1.54) is 13.0 Å². The molecule has 0 aliphatic heterocycles. The number of aryl methyl sites for hydroxylation is 1. The summed E-state index contributed by atoms with van der Waals surface area (Å²) >= 11 is 0. The fraction of sp³-hybridized carbons (Fsp3) is 0.0952. The molecule has 3 aromatic rings. The highest BCUT2D eigenvalue weighted by molar-refractivity contribution is 6.06. The average Bonchev–Trinajstić information content (AvgIpc) is 2.70. The lowest BCUT2D eigenvalue weighted by molar-refractivity contribution is -0.387. The van der Waals surface area contributed by atoms with Crippen molar-refractivity contribution < 1.29 is 36.4 Å². The van der Waals surface area contributed by atoms with Gasteiger partial charge in [-0.3, -0.25) is 14.9 Å². The zero-order valence-corrected chi connectivity index (χ0v) is 16.2. The molecule has 0 atom stereocenters. The maximum Gasteiger partial charge on any atom is 0.416 e. The van der Waals surface area contributed by atoms with Crippen molar-refractivity contribution in [3.05, 3.63) is 93.0 Å². The van der Waals surface area contributed by atoms with Gasteiger partial charge < -0.3 is 10.1 Å². The molecular formula is C21H13F5N2O4. The number of nitro benzene ring substituents is 1. The largest absolute Gasteiger partial charge is 0.456 e. The lowest BCUT2D eigenvalue weighted by Gasteiger charge is -2.16. The van der Waals surface area contributed by atoms with Crippen LogP contribution in [0.4, 0.5) is 33.3 Å². The molecule has 0 saturated carbocycles. The van der Waals surface area contributed by atoms with E-state index in [-0.39, 0.29) is 22.6 Å². The van der Waals surface area contributed by atoms with Gasteiger partial charge in [0.25, 0.3) is 5.91 Å². The molecule has 1 N–H and O–H groups in total. The van der Waals surface area contributed by atoms with E-state index in [1.54, 1.807) is 0 Å². The molecule has 11 heteroatoms. The number of rotatable bonds is 5. The number of amides is 1. The van der Waals surface area contributed by atoms with E-state index < -0.39 is 45.6 Å². The van der Waals surface area contributed by atoms with Crippen molar-refractivity contribution in [1.82, 2.24) is 0 Å². The zero-order valence-electron chi connectivity index (χ0n) is 16.2. The van der Waals surface area contributed by atoms with Gasteiger partial charge in [-0.2, -0.15) is 17.6 Å². The second-order valence-corrected chi connectivity index (χ2v) is 6.60. The van der Waals surface area contributed by atoms with Crippen molar-refractivity contribution in [3.8, 4) is 11.5 Å². The number of carbonyl (C=O) groups excluding carboxylic acids is 1. The summed E-state index contributed by atoms with van der Waals surface area (Å²) in [6, 6.07) is 8.03. The summed E-state index contributed by atoms with van der Waals surface area (Å²) in [5, 5.41) is 13.1. The molecule has 3 rings (SSSR count). The fourth-order valence-electron chi connectivity index (χ4n) is 2.75. The standard InChI is InChI=1S/C21H13F5N2O4/c1-11-8-13(22)3-7-18(11)32-19-9-12(21(24,25)26)2-5-15(19)20(29)27-14-4-6-16(23)17(10-14)28(30)31/h2-10H,1H3,(H,27,29). The number of ether oxygens (including phenoxy) is 1. The predicted molar refractivity (Wildman–Crippen MR) is 104 cm³/mol. The number of nitrogens with one attached hydrogen (secondary N) is 1. The van der Waals surface area contributed by atoms with Gasteiger partial charge in [-0.25, -0.2) is 4.39 Å². The number of alkyl halides is 3. The van der Waals surface area contributed by atoms with Crippen molar-refractivity contribution in [2.75, 3.05) is 5.32 Å². The highest BCUT2D eigenvalue weighted by Crippen LogP contribution is 2.36. The topological polar surface area (TPSA) is 81.5 Å². The summed E-state index contributed by atoms with van der Waals surface area (Å²) in [6.07, 6.45) is -4.73.